The fraction of sp³-hybridized carbons (Fsp3) is 0.333. The van der Waals surface area contributed by atoms with Gasteiger partial charge in [-0.1, -0.05) is 6.07 Å². The van der Waals surface area contributed by atoms with E-state index < -0.39 is 0 Å². The van der Waals surface area contributed by atoms with E-state index >= 15 is 0 Å². The summed E-state index contributed by atoms with van der Waals surface area (Å²) in [6.45, 7) is 1.97. The van der Waals surface area contributed by atoms with E-state index in [4.69, 9.17) is 4.74 Å². The van der Waals surface area contributed by atoms with Crippen LogP contribution in [0.15, 0.2) is 18.2 Å². The Bertz CT molecular complexity index is 432. The maximum atomic E-state index is 11.7. The number of nitrogens with one attached hydrogen (secondary N) is 1. The zero-order valence-corrected chi connectivity index (χ0v) is 11.9. The summed E-state index contributed by atoms with van der Waals surface area (Å²) in [6.07, 6.45) is 0.186. The third-order valence-corrected chi connectivity index (χ3v) is 3.50. The number of rotatable bonds is 4. The smallest absolute Gasteiger partial charge is 0.338 e. The van der Waals surface area contributed by atoms with Crippen molar-refractivity contribution in [3.63, 3.8) is 0 Å². The van der Waals surface area contributed by atoms with Crippen LogP contribution in [0, 0.1) is 10.5 Å². The van der Waals surface area contributed by atoms with Crippen LogP contribution in [0.25, 0.3) is 0 Å². The van der Waals surface area contributed by atoms with Gasteiger partial charge in [0.1, 0.15) is 6.61 Å². The number of hydrogen-bond acceptors (Lipinski definition) is 3. The molecular formula is C12H14INO3. The summed E-state index contributed by atoms with van der Waals surface area (Å²) in [7, 11) is 1.55. The molecule has 92 valence electrons. The quantitative estimate of drug-likeness (QED) is 0.669. The third-order valence-electron chi connectivity index (χ3n) is 2.33. The van der Waals surface area contributed by atoms with Crippen LogP contribution in [0.4, 0.5) is 0 Å². The van der Waals surface area contributed by atoms with Gasteiger partial charge < -0.3 is 10.1 Å². The molecule has 0 atom stereocenters. The second kappa shape index (κ2) is 6.58. The van der Waals surface area contributed by atoms with Crippen molar-refractivity contribution in [3.8, 4) is 0 Å². The maximum Gasteiger partial charge on any atom is 0.338 e. The van der Waals surface area contributed by atoms with Crippen molar-refractivity contribution in [1.82, 2.24) is 5.32 Å². The van der Waals surface area contributed by atoms with E-state index in [-0.39, 0.29) is 24.9 Å². The molecule has 0 heterocycles. The Kier molecular flexibility index (Phi) is 5.40. The number of ether oxygens (including phenoxy) is 1. The second-order valence-corrected chi connectivity index (χ2v) is 4.63. The summed E-state index contributed by atoms with van der Waals surface area (Å²) in [5, 5.41) is 2.47. The first-order valence-electron chi connectivity index (χ1n) is 5.19. The van der Waals surface area contributed by atoms with Crippen molar-refractivity contribution in [2.75, 3.05) is 13.7 Å². The summed E-state index contributed by atoms with van der Waals surface area (Å²) in [5.74, 6) is -0.526. The summed E-state index contributed by atoms with van der Waals surface area (Å²) < 4.78 is 6.05. The molecule has 0 fully saturated rings. The van der Waals surface area contributed by atoms with Gasteiger partial charge in [-0.2, -0.15) is 0 Å². The normalized spacial score (nSPS) is 9.82. The lowest BCUT2D eigenvalue weighted by atomic mass is 10.1. The molecule has 0 aliphatic heterocycles. The minimum Gasteiger partial charge on any atom is -0.462 e. The molecule has 1 aromatic carbocycles. The van der Waals surface area contributed by atoms with Crippen LogP contribution < -0.4 is 5.32 Å². The highest BCUT2D eigenvalue weighted by molar-refractivity contribution is 14.1. The van der Waals surface area contributed by atoms with Crippen molar-refractivity contribution in [3.05, 3.63) is 32.9 Å². The van der Waals surface area contributed by atoms with Crippen molar-refractivity contribution >= 4 is 34.5 Å². The van der Waals surface area contributed by atoms with Crippen LogP contribution in [-0.2, 0) is 9.53 Å². The van der Waals surface area contributed by atoms with E-state index in [1.54, 1.807) is 13.1 Å². The molecule has 0 aliphatic carbocycles. The summed E-state index contributed by atoms with van der Waals surface area (Å²) in [6, 6.07) is 5.46. The van der Waals surface area contributed by atoms with E-state index in [0.717, 1.165) is 9.13 Å². The number of esters is 1. The zero-order valence-electron chi connectivity index (χ0n) is 9.75. The van der Waals surface area contributed by atoms with E-state index in [2.05, 4.69) is 27.9 Å². The summed E-state index contributed by atoms with van der Waals surface area (Å²) in [5.41, 5.74) is 1.45. The molecule has 1 aromatic rings. The van der Waals surface area contributed by atoms with Gasteiger partial charge in [-0.15, -0.1) is 0 Å². The van der Waals surface area contributed by atoms with Gasteiger partial charge in [0.15, 0.2) is 0 Å². The van der Waals surface area contributed by atoms with Crippen molar-refractivity contribution < 1.29 is 14.3 Å². The number of carbonyl (C=O) groups excluding carboxylic acids is 2. The third kappa shape index (κ3) is 3.99. The summed E-state index contributed by atoms with van der Waals surface area (Å²) in [4.78, 5) is 22.7. The lowest BCUT2D eigenvalue weighted by Gasteiger charge is -2.07. The Morgan fingerprint density at radius 3 is 2.76 bits per heavy atom. The van der Waals surface area contributed by atoms with Crippen LogP contribution >= 0.6 is 22.6 Å². The van der Waals surface area contributed by atoms with Crippen LogP contribution in [0.1, 0.15) is 22.3 Å². The van der Waals surface area contributed by atoms with Gasteiger partial charge in [-0.05, 0) is 47.2 Å². The van der Waals surface area contributed by atoms with Crippen LogP contribution in [0.2, 0.25) is 0 Å². The largest absolute Gasteiger partial charge is 0.462 e. The second-order valence-electron chi connectivity index (χ2n) is 3.47. The molecule has 0 spiro atoms. The zero-order chi connectivity index (χ0) is 12.8. The first kappa shape index (κ1) is 14.0. The van der Waals surface area contributed by atoms with Gasteiger partial charge in [0.25, 0.3) is 0 Å². The van der Waals surface area contributed by atoms with Crippen molar-refractivity contribution in [1.29, 1.82) is 0 Å². The molecule has 4 nitrogen and oxygen atoms in total. The molecule has 5 heteroatoms. The highest BCUT2D eigenvalue weighted by Gasteiger charge is 2.12. The van der Waals surface area contributed by atoms with Crippen molar-refractivity contribution in [2.24, 2.45) is 0 Å². The fourth-order valence-corrected chi connectivity index (χ4v) is 1.77. The molecule has 0 bridgehead atoms. The van der Waals surface area contributed by atoms with E-state index in [9.17, 15) is 9.59 Å². The molecular weight excluding hydrogens is 333 g/mol. The first-order chi connectivity index (χ1) is 8.06. The predicted molar refractivity (Wildman–Crippen MR) is 72.9 cm³/mol. The molecule has 1 amide bonds. The number of carbonyl (C=O) groups is 2. The van der Waals surface area contributed by atoms with Crippen LogP contribution in [-0.4, -0.2) is 25.5 Å². The predicted octanol–water partition coefficient (Wildman–Crippen LogP) is 1.89. The highest BCUT2D eigenvalue weighted by atomic mass is 127. The average Bonchev–Trinajstić information content (AvgIpc) is 2.32. The van der Waals surface area contributed by atoms with Gasteiger partial charge in [-0.25, -0.2) is 4.79 Å². The molecule has 0 saturated heterocycles. The molecule has 0 aliphatic rings. The first-order valence-corrected chi connectivity index (χ1v) is 6.27. The molecule has 0 aromatic heterocycles. The Labute approximate surface area is 114 Å². The fourth-order valence-electron chi connectivity index (χ4n) is 1.27. The number of halogens is 1. The monoisotopic (exact) mass is 347 g/mol. The van der Waals surface area contributed by atoms with E-state index in [1.165, 1.54) is 0 Å². The maximum absolute atomic E-state index is 11.7. The average molecular weight is 347 g/mol. The van der Waals surface area contributed by atoms with Gasteiger partial charge >= 0.3 is 5.97 Å². The molecule has 17 heavy (non-hydrogen) atoms. The number of hydrogen-bond donors (Lipinski definition) is 1. The van der Waals surface area contributed by atoms with Gasteiger partial charge in [0.2, 0.25) is 5.91 Å². The Hall–Kier alpha value is -1.11. The molecule has 0 radical (unpaired) electrons. The standard InChI is InChI=1S/C12H14INO3/c1-8-9(4-3-5-10(8)13)12(16)17-7-6-11(15)14-2/h3-5H,6-7H2,1-2H3,(H,14,15). The Morgan fingerprint density at radius 2 is 2.12 bits per heavy atom. The minimum absolute atomic E-state index is 0.101. The highest BCUT2D eigenvalue weighted by Crippen LogP contribution is 2.16. The van der Waals surface area contributed by atoms with E-state index in [1.807, 2.05) is 19.1 Å². The molecule has 1 rings (SSSR count). The Balaban J connectivity index is 2.59. The van der Waals surface area contributed by atoms with Gasteiger partial charge in [0.05, 0.1) is 12.0 Å². The summed E-state index contributed by atoms with van der Waals surface area (Å²) >= 11 is 2.17. The lowest BCUT2D eigenvalue weighted by Crippen LogP contribution is -2.20. The topological polar surface area (TPSA) is 55.4 Å². The molecule has 1 N–H and O–H groups in total. The van der Waals surface area contributed by atoms with Gasteiger partial charge in [-0.3, -0.25) is 4.79 Å². The SMILES string of the molecule is CNC(=O)CCOC(=O)c1cccc(I)c1C. The van der Waals surface area contributed by atoms with E-state index in [0.29, 0.717) is 5.56 Å². The van der Waals surface area contributed by atoms with Crippen LogP contribution in [0.3, 0.4) is 0 Å². The number of benzene rings is 1. The van der Waals surface area contributed by atoms with Gasteiger partial charge in [0, 0.05) is 10.6 Å². The minimum atomic E-state index is -0.384. The molecule has 0 saturated carbocycles. The molecule has 0 unspecified atom stereocenters. The lowest BCUT2D eigenvalue weighted by molar-refractivity contribution is -0.121. The van der Waals surface area contributed by atoms with Crippen LogP contribution in [0.5, 0.6) is 0 Å². The number of amides is 1. The Morgan fingerprint density at radius 1 is 1.41 bits per heavy atom. The van der Waals surface area contributed by atoms with Crippen molar-refractivity contribution in [2.45, 2.75) is 13.3 Å².